The van der Waals surface area contributed by atoms with E-state index in [-0.39, 0.29) is 12.4 Å². The van der Waals surface area contributed by atoms with Crippen LogP contribution in [0.25, 0.3) is 0 Å². The van der Waals surface area contributed by atoms with Crippen LogP contribution in [0.5, 0.6) is 11.5 Å². The predicted molar refractivity (Wildman–Crippen MR) is 99.7 cm³/mol. The zero-order chi connectivity index (χ0) is 16.7. The maximum absolute atomic E-state index is 11.1. The van der Waals surface area contributed by atoms with Gasteiger partial charge in [0.1, 0.15) is 0 Å². The summed E-state index contributed by atoms with van der Waals surface area (Å²) in [5.74, 6) is 2.79. The first-order valence-electron chi connectivity index (χ1n) is 8.61. The zero-order valence-corrected chi connectivity index (χ0v) is 15.8. The van der Waals surface area contributed by atoms with Gasteiger partial charge in [0.2, 0.25) is 0 Å². The SMILES string of the molecule is COc1cccc(C=O)c1OCCCCN1CC(C)CC(C)C1.Cl. The third-order valence-electron chi connectivity index (χ3n) is 4.42. The normalized spacial score (nSPS) is 21.0. The lowest BCUT2D eigenvalue weighted by Gasteiger charge is -2.34. The molecular formula is C19H30ClNO3. The summed E-state index contributed by atoms with van der Waals surface area (Å²) in [6.07, 6.45) is 4.26. The number of aldehydes is 1. The van der Waals surface area contributed by atoms with Gasteiger partial charge < -0.3 is 14.4 Å². The molecule has 0 aromatic heterocycles. The standard InChI is InChI=1S/C19H29NO3.ClH/c1-15-11-16(2)13-20(12-15)9-4-5-10-23-19-17(14-21)7-6-8-18(19)22-3;/h6-8,14-16H,4-5,9-13H2,1-3H3;1H. The largest absolute Gasteiger partial charge is 0.493 e. The number of likely N-dealkylation sites (tertiary alicyclic amines) is 1. The first-order chi connectivity index (χ1) is 11.1. The second kappa shape index (κ2) is 10.6. The summed E-state index contributed by atoms with van der Waals surface area (Å²) < 4.78 is 11.1. The van der Waals surface area contributed by atoms with Gasteiger partial charge in [-0.05, 0) is 49.8 Å². The maximum Gasteiger partial charge on any atom is 0.171 e. The van der Waals surface area contributed by atoms with Crippen molar-refractivity contribution in [2.45, 2.75) is 33.1 Å². The summed E-state index contributed by atoms with van der Waals surface area (Å²) in [6.45, 7) is 8.85. The minimum absolute atomic E-state index is 0. The van der Waals surface area contributed by atoms with Crippen LogP contribution in [0.1, 0.15) is 43.5 Å². The zero-order valence-electron chi connectivity index (χ0n) is 15.0. The Morgan fingerprint density at radius 2 is 1.92 bits per heavy atom. The number of unbranched alkanes of at least 4 members (excludes halogenated alkanes) is 1. The predicted octanol–water partition coefficient (Wildman–Crippen LogP) is 4.07. The van der Waals surface area contributed by atoms with E-state index in [2.05, 4.69) is 18.7 Å². The molecule has 0 amide bonds. The van der Waals surface area contributed by atoms with E-state index in [1.54, 1.807) is 19.2 Å². The average Bonchev–Trinajstić information content (AvgIpc) is 2.53. The summed E-state index contributed by atoms with van der Waals surface area (Å²) in [5.41, 5.74) is 0.544. The molecule has 0 saturated carbocycles. The van der Waals surface area contributed by atoms with Gasteiger partial charge in [0.05, 0.1) is 19.3 Å². The molecule has 1 fully saturated rings. The maximum atomic E-state index is 11.1. The molecule has 2 unspecified atom stereocenters. The Hall–Kier alpha value is -1.26. The molecule has 2 atom stereocenters. The van der Waals surface area contributed by atoms with Crippen molar-refractivity contribution in [1.29, 1.82) is 0 Å². The van der Waals surface area contributed by atoms with Gasteiger partial charge in [0.15, 0.2) is 17.8 Å². The van der Waals surface area contributed by atoms with Gasteiger partial charge >= 0.3 is 0 Å². The number of benzene rings is 1. The first-order valence-corrected chi connectivity index (χ1v) is 8.61. The Labute approximate surface area is 151 Å². The third-order valence-corrected chi connectivity index (χ3v) is 4.42. The van der Waals surface area contributed by atoms with E-state index in [1.165, 1.54) is 19.5 Å². The molecule has 2 rings (SSSR count). The lowest BCUT2D eigenvalue weighted by Crippen LogP contribution is -2.39. The molecule has 4 nitrogen and oxygen atoms in total. The van der Waals surface area contributed by atoms with Crippen molar-refractivity contribution in [2.24, 2.45) is 11.8 Å². The molecule has 136 valence electrons. The van der Waals surface area contributed by atoms with E-state index < -0.39 is 0 Å². The fraction of sp³-hybridized carbons (Fsp3) is 0.632. The van der Waals surface area contributed by atoms with E-state index in [0.29, 0.717) is 23.7 Å². The number of piperidine rings is 1. The Morgan fingerprint density at radius 3 is 2.54 bits per heavy atom. The van der Waals surface area contributed by atoms with Crippen LogP contribution < -0.4 is 9.47 Å². The van der Waals surface area contributed by atoms with Gasteiger partial charge in [0, 0.05) is 13.1 Å². The Balaban J connectivity index is 0.00000288. The Kier molecular flexibility index (Phi) is 9.16. The minimum Gasteiger partial charge on any atom is -0.493 e. The molecule has 1 aromatic carbocycles. The number of ether oxygens (including phenoxy) is 2. The topological polar surface area (TPSA) is 38.8 Å². The number of methoxy groups -OCH3 is 1. The fourth-order valence-electron chi connectivity index (χ4n) is 3.53. The van der Waals surface area contributed by atoms with Gasteiger partial charge in [-0.1, -0.05) is 19.9 Å². The van der Waals surface area contributed by atoms with Gasteiger partial charge in [-0.25, -0.2) is 0 Å². The quantitative estimate of drug-likeness (QED) is 0.520. The number of hydrogen-bond donors (Lipinski definition) is 0. The second-order valence-corrected chi connectivity index (χ2v) is 6.76. The smallest absolute Gasteiger partial charge is 0.171 e. The van der Waals surface area contributed by atoms with Crippen LogP contribution in [0, 0.1) is 11.8 Å². The van der Waals surface area contributed by atoms with Crippen LogP contribution in [0.2, 0.25) is 0 Å². The van der Waals surface area contributed by atoms with E-state index in [1.807, 2.05) is 6.07 Å². The number of rotatable bonds is 8. The van der Waals surface area contributed by atoms with Crippen LogP contribution in [-0.2, 0) is 0 Å². The third kappa shape index (κ3) is 5.99. The summed E-state index contributed by atoms with van der Waals surface area (Å²) in [5, 5.41) is 0. The molecule has 1 heterocycles. The van der Waals surface area contributed by atoms with E-state index >= 15 is 0 Å². The molecule has 1 aliphatic rings. The Bertz CT molecular complexity index is 499. The molecular weight excluding hydrogens is 326 g/mol. The molecule has 0 spiro atoms. The highest BCUT2D eigenvalue weighted by Crippen LogP contribution is 2.30. The van der Waals surface area contributed by atoms with Gasteiger partial charge in [-0.3, -0.25) is 4.79 Å². The van der Waals surface area contributed by atoms with Crippen LogP contribution in [0.3, 0.4) is 0 Å². The van der Waals surface area contributed by atoms with E-state index in [4.69, 9.17) is 9.47 Å². The van der Waals surface area contributed by atoms with Crippen molar-refractivity contribution in [2.75, 3.05) is 33.4 Å². The molecule has 0 aliphatic carbocycles. The minimum atomic E-state index is 0. The van der Waals surface area contributed by atoms with Gasteiger partial charge in [-0.15, -0.1) is 12.4 Å². The first kappa shape index (κ1) is 20.8. The molecule has 1 saturated heterocycles. The molecule has 1 aromatic rings. The number of halogens is 1. The van der Waals surface area contributed by atoms with Crippen molar-refractivity contribution >= 4 is 18.7 Å². The lowest BCUT2D eigenvalue weighted by atomic mass is 9.92. The lowest BCUT2D eigenvalue weighted by molar-refractivity contribution is 0.111. The Morgan fingerprint density at radius 1 is 1.21 bits per heavy atom. The summed E-state index contributed by atoms with van der Waals surface area (Å²) >= 11 is 0. The molecule has 0 radical (unpaired) electrons. The van der Waals surface area contributed by atoms with E-state index in [9.17, 15) is 4.79 Å². The van der Waals surface area contributed by atoms with Crippen molar-refractivity contribution in [1.82, 2.24) is 4.90 Å². The van der Waals surface area contributed by atoms with Crippen LogP contribution in [-0.4, -0.2) is 44.5 Å². The molecule has 1 aliphatic heterocycles. The molecule has 5 heteroatoms. The monoisotopic (exact) mass is 355 g/mol. The number of carbonyl (C=O) groups excluding carboxylic acids is 1. The van der Waals surface area contributed by atoms with E-state index in [0.717, 1.165) is 37.5 Å². The average molecular weight is 356 g/mol. The number of nitrogens with zero attached hydrogens (tertiary/aromatic N) is 1. The van der Waals surface area contributed by atoms with Crippen LogP contribution >= 0.6 is 12.4 Å². The summed E-state index contributed by atoms with van der Waals surface area (Å²) in [6, 6.07) is 5.37. The molecule has 0 bridgehead atoms. The van der Waals surface area contributed by atoms with Crippen molar-refractivity contribution in [3.8, 4) is 11.5 Å². The van der Waals surface area contributed by atoms with Crippen molar-refractivity contribution < 1.29 is 14.3 Å². The van der Waals surface area contributed by atoms with Gasteiger partial charge in [0.25, 0.3) is 0 Å². The number of para-hydroxylation sites is 1. The highest BCUT2D eigenvalue weighted by atomic mass is 35.5. The second-order valence-electron chi connectivity index (χ2n) is 6.76. The van der Waals surface area contributed by atoms with Crippen molar-refractivity contribution in [3.05, 3.63) is 23.8 Å². The van der Waals surface area contributed by atoms with Crippen LogP contribution in [0.4, 0.5) is 0 Å². The summed E-state index contributed by atoms with van der Waals surface area (Å²) in [7, 11) is 1.59. The van der Waals surface area contributed by atoms with Gasteiger partial charge in [-0.2, -0.15) is 0 Å². The molecule has 0 N–H and O–H groups in total. The highest BCUT2D eigenvalue weighted by molar-refractivity contribution is 5.85. The highest BCUT2D eigenvalue weighted by Gasteiger charge is 2.21. The fourth-order valence-corrected chi connectivity index (χ4v) is 3.53. The van der Waals surface area contributed by atoms with Crippen molar-refractivity contribution in [3.63, 3.8) is 0 Å². The number of hydrogen-bond acceptors (Lipinski definition) is 4. The summed E-state index contributed by atoms with van der Waals surface area (Å²) in [4.78, 5) is 13.7. The van der Waals surface area contributed by atoms with Crippen LogP contribution in [0.15, 0.2) is 18.2 Å². The number of carbonyl (C=O) groups is 1. The molecule has 24 heavy (non-hydrogen) atoms.